The minimum atomic E-state index is 0.577. The average molecular weight is 188 g/mol. The second kappa shape index (κ2) is 3.12. The van der Waals surface area contributed by atoms with Gasteiger partial charge in [0.2, 0.25) is 0 Å². The van der Waals surface area contributed by atoms with Crippen molar-refractivity contribution in [3.05, 3.63) is 29.0 Å². The van der Waals surface area contributed by atoms with Crippen LogP contribution in [0, 0.1) is 13.8 Å². The Balaban J connectivity index is 2.79. The van der Waals surface area contributed by atoms with E-state index < -0.39 is 0 Å². The van der Waals surface area contributed by atoms with Crippen LogP contribution in [-0.4, -0.2) is 10.2 Å². The van der Waals surface area contributed by atoms with E-state index in [-0.39, 0.29) is 0 Å². The Morgan fingerprint density at radius 3 is 2.57 bits per heavy atom. The molecule has 0 amide bonds. The van der Waals surface area contributed by atoms with Crippen LogP contribution in [-0.2, 0) is 0 Å². The standard InChI is InChI=1S/C12H16N2/c1-7(2)10-5-6-11-12(8(10)3)9(4)13-14-11/h5-7H,1-4H3,(H,13,14). The van der Waals surface area contributed by atoms with Crippen molar-refractivity contribution in [1.29, 1.82) is 0 Å². The Morgan fingerprint density at radius 1 is 1.21 bits per heavy atom. The number of aryl methyl sites for hydroxylation is 2. The second-order valence-electron chi connectivity index (χ2n) is 4.18. The molecule has 0 aliphatic heterocycles. The zero-order chi connectivity index (χ0) is 10.3. The molecule has 2 nitrogen and oxygen atoms in total. The summed E-state index contributed by atoms with van der Waals surface area (Å²) in [6, 6.07) is 4.28. The topological polar surface area (TPSA) is 28.7 Å². The SMILES string of the molecule is Cc1[nH]nc2ccc(C(C)C)c(C)c12. The van der Waals surface area contributed by atoms with Gasteiger partial charge in [0.1, 0.15) is 0 Å². The van der Waals surface area contributed by atoms with E-state index in [1.54, 1.807) is 0 Å². The zero-order valence-electron chi connectivity index (χ0n) is 9.18. The summed E-state index contributed by atoms with van der Waals surface area (Å²) in [5.74, 6) is 0.577. The predicted octanol–water partition coefficient (Wildman–Crippen LogP) is 3.30. The molecule has 0 radical (unpaired) electrons. The van der Waals surface area contributed by atoms with Crippen LogP contribution in [0.3, 0.4) is 0 Å². The van der Waals surface area contributed by atoms with Crippen molar-refractivity contribution >= 4 is 10.9 Å². The third kappa shape index (κ3) is 1.22. The fraction of sp³-hybridized carbons (Fsp3) is 0.417. The molecule has 0 spiro atoms. The maximum atomic E-state index is 4.25. The van der Waals surface area contributed by atoms with Gasteiger partial charge in [-0.1, -0.05) is 19.9 Å². The molecule has 14 heavy (non-hydrogen) atoms. The van der Waals surface area contributed by atoms with E-state index in [1.165, 1.54) is 22.2 Å². The summed E-state index contributed by atoms with van der Waals surface area (Å²) in [5, 5.41) is 8.58. The molecule has 0 aliphatic carbocycles. The number of hydrogen-bond acceptors (Lipinski definition) is 1. The van der Waals surface area contributed by atoms with Gasteiger partial charge in [0.05, 0.1) is 5.52 Å². The van der Waals surface area contributed by atoms with Crippen LogP contribution in [0.25, 0.3) is 10.9 Å². The van der Waals surface area contributed by atoms with Crippen LogP contribution in [0.4, 0.5) is 0 Å². The first-order chi connectivity index (χ1) is 6.61. The highest BCUT2D eigenvalue weighted by Crippen LogP contribution is 2.27. The van der Waals surface area contributed by atoms with E-state index in [4.69, 9.17) is 0 Å². The van der Waals surface area contributed by atoms with Crippen LogP contribution in [0.15, 0.2) is 12.1 Å². The number of rotatable bonds is 1. The van der Waals surface area contributed by atoms with Gasteiger partial charge in [0.25, 0.3) is 0 Å². The lowest BCUT2D eigenvalue weighted by molar-refractivity contribution is 0.859. The summed E-state index contributed by atoms with van der Waals surface area (Å²) in [4.78, 5) is 0. The lowest BCUT2D eigenvalue weighted by atomic mass is 9.95. The van der Waals surface area contributed by atoms with Crippen molar-refractivity contribution in [2.45, 2.75) is 33.6 Å². The molecule has 1 aromatic carbocycles. The van der Waals surface area contributed by atoms with E-state index in [1.807, 2.05) is 0 Å². The number of hydrogen-bond donors (Lipinski definition) is 1. The first kappa shape index (κ1) is 9.25. The largest absolute Gasteiger partial charge is 0.282 e. The van der Waals surface area contributed by atoms with Crippen molar-refractivity contribution in [3.63, 3.8) is 0 Å². The highest BCUT2D eigenvalue weighted by Gasteiger charge is 2.10. The van der Waals surface area contributed by atoms with Crippen molar-refractivity contribution in [1.82, 2.24) is 10.2 Å². The van der Waals surface area contributed by atoms with Crippen LogP contribution >= 0.6 is 0 Å². The smallest absolute Gasteiger partial charge is 0.0926 e. The third-order valence-electron chi connectivity index (χ3n) is 2.83. The van der Waals surface area contributed by atoms with Gasteiger partial charge in [-0.25, -0.2) is 0 Å². The Bertz CT molecular complexity index is 466. The highest BCUT2D eigenvalue weighted by molar-refractivity contribution is 5.85. The molecule has 74 valence electrons. The molecule has 1 N–H and O–H groups in total. The van der Waals surface area contributed by atoms with E-state index in [0.29, 0.717) is 5.92 Å². The van der Waals surface area contributed by atoms with Gasteiger partial charge in [0.15, 0.2) is 0 Å². The van der Waals surface area contributed by atoms with Crippen molar-refractivity contribution in [2.24, 2.45) is 0 Å². The van der Waals surface area contributed by atoms with E-state index in [9.17, 15) is 0 Å². The molecule has 2 heteroatoms. The number of nitrogens with zero attached hydrogens (tertiary/aromatic N) is 1. The van der Waals surface area contributed by atoms with E-state index in [0.717, 1.165) is 5.52 Å². The van der Waals surface area contributed by atoms with E-state index in [2.05, 4.69) is 50.0 Å². The van der Waals surface area contributed by atoms with Crippen LogP contribution in [0.2, 0.25) is 0 Å². The van der Waals surface area contributed by atoms with Gasteiger partial charge in [-0.15, -0.1) is 0 Å². The first-order valence-corrected chi connectivity index (χ1v) is 5.05. The summed E-state index contributed by atoms with van der Waals surface area (Å²) in [5.41, 5.74) is 5.02. The number of nitrogens with one attached hydrogen (secondary N) is 1. The summed E-state index contributed by atoms with van der Waals surface area (Å²) in [7, 11) is 0. The van der Waals surface area contributed by atoms with Gasteiger partial charge in [-0.3, -0.25) is 5.10 Å². The lowest BCUT2D eigenvalue weighted by Crippen LogP contribution is -1.92. The number of aromatic amines is 1. The number of aromatic nitrogens is 2. The number of fused-ring (bicyclic) bond motifs is 1. The summed E-state index contributed by atoms with van der Waals surface area (Å²) in [6.07, 6.45) is 0. The Morgan fingerprint density at radius 2 is 1.93 bits per heavy atom. The fourth-order valence-corrected chi connectivity index (χ4v) is 2.11. The normalized spacial score (nSPS) is 11.5. The highest BCUT2D eigenvalue weighted by atomic mass is 15.1. The van der Waals surface area contributed by atoms with Crippen molar-refractivity contribution < 1.29 is 0 Å². The molecule has 1 heterocycles. The van der Waals surface area contributed by atoms with Crippen LogP contribution < -0.4 is 0 Å². The Labute approximate surface area is 84.3 Å². The van der Waals surface area contributed by atoms with E-state index >= 15 is 0 Å². The molecule has 2 rings (SSSR count). The molecule has 0 unspecified atom stereocenters. The number of benzene rings is 1. The predicted molar refractivity (Wildman–Crippen MR) is 59.7 cm³/mol. The molecule has 0 fully saturated rings. The third-order valence-corrected chi connectivity index (χ3v) is 2.83. The zero-order valence-corrected chi connectivity index (χ0v) is 9.18. The summed E-state index contributed by atoms with van der Waals surface area (Å²) < 4.78 is 0. The van der Waals surface area contributed by atoms with Crippen LogP contribution in [0.5, 0.6) is 0 Å². The molecule has 2 aromatic rings. The van der Waals surface area contributed by atoms with Gasteiger partial charge in [-0.05, 0) is 37.0 Å². The number of H-pyrrole nitrogens is 1. The van der Waals surface area contributed by atoms with Gasteiger partial charge in [0, 0.05) is 11.1 Å². The van der Waals surface area contributed by atoms with Gasteiger partial charge < -0.3 is 0 Å². The fourth-order valence-electron chi connectivity index (χ4n) is 2.11. The molecule has 0 atom stereocenters. The summed E-state index contributed by atoms with van der Waals surface area (Å²) >= 11 is 0. The molecular weight excluding hydrogens is 172 g/mol. The molecular formula is C12H16N2. The van der Waals surface area contributed by atoms with Gasteiger partial charge >= 0.3 is 0 Å². The monoisotopic (exact) mass is 188 g/mol. The van der Waals surface area contributed by atoms with Crippen LogP contribution in [0.1, 0.15) is 36.6 Å². The second-order valence-corrected chi connectivity index (χ2v) is 4.18. The molecule has 0 aliphatic rings. The maximum absolute atomic E-state index is 4.25. The van der Waals surface area contributed by atoms with Crippen molar-refractivity contribution in [2.75, 3.05) is 0 Å². The maximum Gasteiger partial charge on any atom is 0.0926 e. The van der Waals surface area contributed by atoms with Crippen molar-refractivity contribution in [3.8, 4) is 0 Å². The summed E-state index contributed by atoms with van der Waals surface area (Å²) in [6.45, 7) is 8.71. The lowest BCUT2D eigenvalue weighted by Gasteiger charge is -2.10. The molecule has 0 saturated carbocycles. The quantitative estimate of drug-likeness (QED) is 0.730. The molecule has 0 saturated heterocycles. The first-order valence-electron chi connectivity index (χ1n) is 5.05. The molecule has 0 bridgehead atoms. The Kier molecular flexibility index (Phi) is 2.06. The van der Waals surface area contributed by atoms with Gasteiger partial charge in [-0.2, -0.15) is 5.10 Å². The minimum Gasteiger partial charge on any atom is -0.282 e. The Hall–Kier alpha value is -1.31. The minimum absolute atomic E-state index is 0.577. The molecule has 1 aromatic heterocycles. The average Bonchev–Trinajstić information content (AvgIpc) is 2.48.